The molecule has 0 saturated carbocycles. The van der Waals surface area contributed by atoms with Crippen LogP contribution in [0.2, 0.25) is 0 Å². The van der Waals surface area contributed by atoms with Gasteiger partial charge in [-0.2, -0.15) is 0 Å². The van der Waals surface area contributed by atoms with E-state index in [-0.39, 0.29) is 18.2 Å². The van der Waals surface area contributed by atoms with E-state index >= 15 is 0 Å². The van der Waals surface area contributed by atoms with Gasteiger partial charge in [0.05, 0.1) is 6.42 Å². The quantitative estimate of drug-likeness (QED) is 0.468. The summed E-state index contributed by atoms with van der Waals surface area (Å²) in [5.41, 5.74) is 4.63. The molecule has 0 aliphatic carbocycles. The molecule has 1 unspecified atom stereocenters. The minimum absolute atomic E-state index is 0.127. The molecule has 4 nitrogen and oxygen atoms in total. The van der Waals surface area contributed by atoms with Gasteiger partial charge in [-0.05, 0) is 6.42 Å². The third-order valence-corrected chi connectivity index (χ3v) is 1.81. The highest BCUT2D eigenvalue weighted by Gasteiger charge is 2.41. The number of imide groups is 1. The Kier molecular flexibility index (Phi) is 1.48. The maximum absolute atomic E-state index is 10.9. The monoisotopic (exact) mass is 142 g/mol. The highest BCUT2D eigenvalue weighted by Crippen LogP contribution is 2.16. The first-order chi connectivity index (χ1) is 4.58. The molecular weight excluding hydrogens is 132 g/mol. The number of nitrogens with one attached hydrogen (secondary N) is 1. The van der Waals surface area contributed by atoms with Crippen LogP contribution in [-0.4, -0.2) is 17.4 Å². The second kappa shape index (κ2) is 2.05. The van der Waals surface area contributed by atoms with Gasteiger partial charge in [-0.1, -0.05) is 6.92 Å². The third-order valence-electron chi connectivity index (χ3n) is 1.81. The number of carbonyl (C=O) groups excluding carboxylic acids is 2. The van der Waals surface area contributed by atoms with Crippen LogP contribution in [0.5, 0.6) is 0 Å². The van der Waals surface area contributed by atoms with Crippen molar-refractivity contribution in [2.24, 2.45) is 5.73 Å². The number of carbonyl (C=O) groups is 2. The number of hydrogen-bond donors (Lipinski definition) is 2. The van der Waals surface area contributed by atoms with Crippen molar-refractivity contribution in [3.05, 3.63) is 0 Å². The van der Waals surface area contributed by atoms with Gasteiger partial charge in [0.15, 0.2) is 0 Å². The van der Waals surface area contributed by atoms with Crippen LogP contribution in [0.15, 0.2) is 0 Å². The standard InChI is InChI=1S/C6H10N2O2/c1-2-6(7)3-4(9)8-5(6)10/h2-3,7H2,1H3,(H,8,9,10). The summed E-state index contributed by atoms with van der Waals surface area (Å²) in [5, 5.41) is 2.16. The van der Waals surface area contributed by atoms with Crippen molar-refractivity contribution in [2.75, 3.05) is 0 Å². The molecule has 10 heavy (non-hydrogen) atoms. The van der Waals surface area contributed by atoms with Gasteiger partial charge in [-0.25, -0.2) is 0 Å². The SMILES string of the molecule is CCC1(N)CC(=O)NC1=O. The summed E-state index contributed by atoms with van der Waals surface area (Å²) >= 11 is 0. The van der Waals surface area contributed by atoms with E-state index in [1.165, 1.54) is 0 Å². The molecule has 1 heterocycles. The van der Waals surface area contributed by atoms with Crippen molar-refractivity contribution in [2.45, 2.75) is 25.3 Å². The van der Waals surface area contributed by atoms with Crippen LogP contribution in [0.25, 0.3) is 0 Å². The van der Waals surface area contributed by atoms with Crippen molar-refractivity contribution in [1.29, 1.82) is 0 Å². The second-order valence-corrected chi connectivity index (χ2v) is 2.56. The Morgan fingerprint density at radius 2 is 2.30 bits per heavy atom. The van der Waals surface area contributed by atoms with Gasteiger partial charge in [0.1, 0.15) is 5.54 Å². The number of rotatable bonds is 1. The molecule has 0 spiro atoms. The summed E-state index contributed by atoms with van der Waals surface area (Å²) < 4.78 is 0. The second-order valence-electron chi connectivity index (χ2n) is 2.56. The fourth-order valence-electron chi connectivity index (χ4n) is 0.948. The van der Waals surface area contributed by atoms with E-state index in [2.05, 4.69) is 5.32 Å². The molecular formula is C6H10N2O2. The Morgan fingerprint density at radius 1 is 1.70 bits per heavy atom. The van der Waals surface area contributed by atoms with Crippen LogP contribution >= 0.6 is 0 Å². The van der Waals surface area contributed by atoms with Crippen LogP contribution < -0.4 is 11.1 Å². The predicted molar refractivity (Wildman–Crippen MR) is 35.0 cm³/mol. The van der Waals surface area contributed by atoms with Crippen LogP contribution in [0.4, 0.5) is 0 Å². The average molecular weight is 142 g/mol. The Morgan fingerprint density at radius 3 is 2.50 bits per heavy atom. The summed E-state index contributed by atoms with van der Waals surface area (Å²) in [6.45, 7) is 1.79. The summed E-state index contributed by atoms with van der Waals surface area (Å²) in [6, 6.07) is 0. The van der Waals surface area contributed by atoms with E-state index in [9.17, 15) is 9.59 Å². The molecule has 0 radical (unpaired) electrons. The largest absolute Gasteiger partial charge is 0.317 e. The molecule has 1 atom stereocenters. The number of nitrogens with two attached hydrogens (primary N) is 1. The van der Waals surface area contributed by atoms with Crippen LogP contribution in [0.3, 0.4) is 0 Å². The van der Waals surface area contributed by atoms with Crippen molar-refractivity contribution in [1.82, 2.24) is 5.32 Å². The van der Waals surface area contributed by atoms with Gasteiger partial charge in [-0.3, -0.25) is 14.9 Å². The lowest BCUT2D eigenvalue weighted by molar-refractivity contribution is -0.126. The maximum Gasteiger partial charge on any atom is 0.247 e. The highest BCUT2D eigenvalue weighted by molar-refractivity contribution is 6.08. The number of hydrogen-bond acceptors (Lipinski definition) is 3. The summed E-state index contributed by atoms with van der Waals surface area (Å²) in [6.07, 6.45) is 0.632. The van der Waals surface area contributed by atoms with Gasteiger partial charge in [-0.15, -0.1) is 0 Å². The zero-order chi connectivity index (χ0) is 7.78. The van der Waals surface area contributed by atoms with E-state index in [1.807, 2.05) is 0 Å². The normalized spacial score (nSPS) is 32.6. The zero-order valence-electron chi connectivity index (χ0n) is 5.81. The summed E-state index contributed by atoms with van der Waals surface area (Å²) in [5.74, 6) is -0.616. The van der Waals surface area contributed by atoms with Gasteiger partial charge in [0.2, 0.25) is 11.8 Å². The molecule has 1 aliphatic heterocycles. The van der Waals surface area contributed by atoms with E-state index in [0.29, 0.717) is 6.42 Å². The minimum atomic E-state index is -0.933. The molecule has 0 aromatic heterocycles. The third kappa shape index (κ3) is 0.903. The molecule has 1 fully saturated rings. The molecule has 56 valence electrons. The zero-order valence-corrected chi connectivity index (χ0v) is 5.81. The molecule has 3 N–H and O–H groups in total. The Hall–Kier alpha value is -0.900. The first-order valence-electron chi connectivity index (χ1n) is 3.21. The van der Waals surface area contributed by atoms with E-state index in [4.69, 9.17) is 5.73 Å². The Bertz CT molecular complexity index is 190. The Labute approximate surface area is 58.8 Å². The van der Waals surface area contributed by atoms with Gasteiger partial charge < -0.3 is 5.73 Å². The van der Waals surface area contributed by atoms with Crippen molar-refractivity contribution in [3.63, 3.8) is 0 Å². The maximum atomic E-state index is 10.9. The van der Waals surface area contributed by atoms with Crippen molar-refractivity contribution >= 4 is 11.8 Å². The van der Waals surface area contributed by atoms with Crippen molar-refractivity contribution < 1.29 is 9.59 Å². The molecule has 0 bridgehead atoms. The van der Waals surface area contributed by atoms with Gasteiger partial charge >= 0.3 is 0 Å². The molecule has 4 heteroatoms. The van der Waals surface area contributed by atoms with E-state index < -0.39 is 5.54 Å². The Balaban J connectivity index is 2.80. The van der Waals surface area contributed by atoms with Crippen LogP contribution in [0, 0.1) is 0 Å². The molecule has 1 saturated heterocycles. The molecule has 2 amide bonds. The average Bonchev–Trinajstić information content (AvgIpc) is 2.09. The van der Waals surface area contributed by atoms with Gasteiger partial charge in [0, 0.05) is 0 Å². The molecule has 1 aliphatic rings. The van der Waals surface area contributed by atoms with Crippen molar-refractivity contribution in [3.8, 4) is 0 Å². The molecule has 1 rings (SSSR count). The lowest BCUT2D eigenvalue weighted by atomic mass is 9.96. The van der Waals surface area contributed by atoms with E-state index in [0.717, 1.165) is 0 Å². The molecule has 0 aromatic rings. The predicted octanol–water partition coefficient (Wildman–Crippen LogP) is -0.860. The van der Waals surface area contributed by atoms with E-state index in [1.54, 1.807) is 6.92 Å². The smallest absolute Gasteiger partial charge is 0.247 e. The van der Waals surface area contributed by atoms with Crippen LogP contribution in [-0.2, 0) is 9.59 Å². The lowest BCUT2D eigenvalue weighted by Crippen LogP contribution is -2.46. The fraction of sp³-hybridized carbons (Fsp3) is 0.667. The first-order valence-corrected chi connectivity index (χ1v) is 3.21. The number of amides is 2. The van der Waals surface area contributed by atoms with Gasteiger partial charge in [0.25, 0.3) is 0 Å². The fourth-order valence-corrected chi connectivity index (χ4v) is 0.948. The first kappa shape index (κ1) is 7.21. The summed E-state index contributed by atoms with van der Waals surface area (Å²) in [7, 11) is 0. The topological polar surface area (TPSA) is 72.2 Å². The lowest BCUT2D eigenvalue weighted by Gasteiger charge is -2.15. The summed E-state index contributed by atoms with van der Waals surface area (Å²) in [4.78, 5) is 21.5. The minimum Gasteiger partial charge on any atom is -0.317 e. The molecule has 0 aromatic carbocycles. The van der Waals surface area contributed by atoms with Crippen LogP contribution in [0.1, 0.15) is 19.8 Å². The highest BCUT2D eigenvalue weighted by atomic mass is 16.2.